The second-order valence-electron chi connectivity index (χ2n) is 4.86. The molecule has 0 atom stereocenters. The Kier molecular flexibility index (Phi) is 5.16. The van der Waals surface area contributed by atoms with Crippen LogP contribution in [-0.4, -0.2) is 24.7 Å². The highest BCUT2D eigenvalue weighted by atomic mass is 79.9. The van der Waals surface area contributed by atoms with Crippen LogP contribution in [0.3, 0.4) is 0 Å². The molecule has 0 amide bonds. The number of nitrogens with two attached hydrogens (primary N) is 1. The van der Waals surface area contributed by atoms with Crippen LogP contribution >= 0.6 is 15.9 Å². The van der Waals surface area contributed by atoms with E-state index in [1.807, 2.05) is 20.8 Å². The molecule has 0 heterocycles. The molecule has 4 nitrogen and oxygen atoms in total. The molecule has 18 heavy (non-hydrogen) atoms. The molecule has 0 saturated heterocycles. The lowest BCUT2D eigenvalue weighted by Crippen LogP contribution is -2.22. The summed E-state index contributed by atoms with van der Waals surface area (Å²) in [6.45, 7) is 7.04. The van der Waals surface area contributed by atoms with Crippen molar-refractivity contribution in [2.24, 2.45) is 5.73 Å². The van der Waals surface area contributed by atoms with Gasteiger partial charge in [0.25, 0.3) is 0 Å². The molecule has 3 N–H and O–H groups in total. The van der Waals surface area contributed by atoms with Crippen LogP contribution in [0.25, 0.3) is 0 Å². The van der Waals surface area contributed by atoms with Crippen LogP contribution in [0.15, 0.2) is 22.7 Å². The predicted molar refractivity (Wildman–Crippen MR) is 76.4 cm³/mol. The van der Waals surface area contributed by atoms with Gasteiger partial charge in [0.05, 0.1) is 12.2 Å². The zero-order valence-electron chi connectivity index (χ0n) is 10.9. The van der Waals surface area contributed by atoms with E-state index in [9.17, 15) is 0 Å². The van der Waals surface area contributed by atoms with Crippen LogP contribution in [0, 0.1) is 5.41 Å². The van der Waals surface area contributed by atoms with Crippen molar-refractivity contribution in [3.05, 3.63) is 28.2 Å². The van der Waals surface area contributed by atoms with E-state index in [-0.39, 0.29) is 11.4 Å². The van der Waals surface area contributed by atoms with E-state index in [4.69, 9.17) is 20.6 Å². The van der Waals surface area contributed by atoms with E-state index in [1.54, 1.807) is 18.2 Å². The van der Waals surface area contributed by atoms with Crippen LogP contribution in [0.5, 0.6) is 5.75 Å². The van der Waals surface area contributed by atoms with Gasteiger partial charge >= 0.3 is 0 Å². The predicted octanol–water partition coefficient (Wildman–Crippen LogP) is 2.93. The molecule has 5 heteroatoms. The van der Waals surface area contributed by atoms with Crippen LogP contribution in [0.1, 0.15) is 26.3 Å². The number of hydrogen-bond acceptors (Lipinski definition) is 3. The number of hydrogen-bond donors (Lipinski definition) is 2. The summed E-state index contributed by atoms with van der Waals surface area (Å²) < 4.78 is 11.9. The van der Waals surface area contributed by atoms with E-state index in [1.165, 1.54) is 0 Å². The monoisotopic (exact) mass is 314 g/mol. The quantitative estimate of drug-likeness (QED) is 0.499. The molecule has 0 fully saturated rings. The number of benzene rings is 1. The first-order valence-corrected chi connectivity index (χ1v) is 6.49. The average molecular weight is 315 g/mol. The minimum absolute atomic E-state index is 0.0319. The molecule has 0 unspecified atom stereocenters. The van der Waals surface area contributed by atoms with Gasteiger partial charge in [-0.05, 0) is 54.9 Å². The molecule has 0 spiro atoms. The zero-order valence-corrected chi connectivity index (χ0v) is 12.5. The Labute approximate surface area is 116 Å². The normalized spacial score (nSPS) is 11.3. The maximum absolute atomic E-state index is 7.37. The molecule has 0 aliphatic carbocycles. The minimum Gasteiger partial charge on any atom is -0.491 e. The Morgan fingerprint density at radius 3 is 2.50 bits per heavy atom. The molecule has 0 aliphatic rings. The molecule has 0 radical (unpaired) electrons. The van der Waals surface area contributed by atoms with E-state index in [0.717, 1.165) is 10.2 Å². The van der Waals surface area contributed by atoms with Crippen LogP contribution < -0.4 is 10.5 Å². The lowest BCUT2D eigenvalue weighted by Gasteiger charge is -2.19. The standard InChI is InChI=1S/C13H19BrN2O2/c1-13(2,3)18-7-6-17-9-4-5-10(12(15)16)11(14)8-9/h4-5,8H,6-7H2,1-3H3,(H3,15,16). The molecular weight excluding hydrogens is 296 g/mol. The van der Waals surface area contributed by atoms with Crippen LogP contribution in [-0.2, 0) is 4.74 Å². The van der Waals surface area contributed by atoms with E-state index in [0.29, 0.717) is 18.8 Å². The van der Waals surface area contributed by atoms with E-state index in [2.05, 4.69) is 15.9 Å². The summed E-state index contributed by atoms with van der Waals surface area (Å²) >= 11 is 3.36. The number of rotatable bonds is 5. The fourth-order valence-electron chi connectivity index (χ4n) is 1.31. The van der Waals surface area contributed by atoms with Crippen molar-refractivity contribution in [2.45, 2.75) is 26.4 Å². The summed E-state index contributed by atoms with van der Waals surface area (Å²) in [7, 11) is 0. The first-order chi connectivity index (χ1) is 8.29. The third kappa shape index (κ3) is 5.06. The summed E-state index contributed by atoms with van der Waals surface area (Å²) in [6.07, 6.45) is 0. The van der Waals surface area contributed by atoms with Crippen LogP contribution in [0.2, 0.25) is 0 Å². The van der Waals surface area contributed by atoms with Gasteiger partial charge in [0.2, 0.25) is 0 Å². The lowest BCUT2D eigenvalue weighted by molar-refractivity contribution is -0.0163. The fourth-order valence-corrected chi connectivity index (χ4v) is 1.88. The fraction of sp³-hybridized carbons (Fsp3) is 0.462. The van der Waals surface area contributed by atoms with Crippen molar-refractivity contribution in [3.63, 3.8) is 0 Å². The molecule has 100 valence electrons. The van der Waals surface area contributed by atoms with Gasteiger partial charge in [-0.1, -0.05) is 0 Å². The molecule has 1 aromatic carbocycles. The Bertz CT molecular complexity index is 427. The molecule has 1 rings (SSSR count). The first kappa shape index (κ1) is 15.0. The summed E-state index contributed by atoms with van der Waals surface area (Å²) in [6, 6.07) is 5.35. The second kappa shape index (κ2) is 6.20. The molecule has 1 aromatic rings. The summed E-state index contributed by atoms with van der Waals surface area (Å²) in [5, 5.41) is 7.37. The van der Waals surface area contributed by atoms with Gasteiger partial charge < -0.3 is 15.2 Å². The first-order valence-electron chi connectivity index (χ1n) is 5.70. The topological polar surface area (TPSA) is 68.3 Å². The van der Waals surface area contributed by atoms with Crippen molar-refractivity contribution in [1.29, 1.82) is 5.41 Å². The highest BCUT2D eigenvalue weighted by Gasteiger charge is 2.09. The summed E-state index contributed by atoms with van der Waals surface area (Å²) in [5.74, 6) is 0.758. The van der Waals surface area contributed by atoms with Crippen molar-refractivity contribution in [3.8, 4) is 5.75 Å². The molecule has 0 aromatic heterocycles. The van der Waals surface area contributed by atoms with Gasteiger partial charge in [-0.15, -0.1) is 0 Å². The third-order valence-electron chi connectivity index (χ3n) is 2.12. The number of nitrogen functional groups attached to an aromatic ring is 1. The number of halogens is 1. The Hall–Kier alpha value is -1.07. The Morgan fingerprint density at radius 1 is 1.33 bits per heavy atom. The van der Waals surface area contributed by atoms with Gasteiger partial charge in [0.15, 0.2) is 0 Å². The second-order valence-corrected chi connectivity index (χ2v) is 5.72. The smallest absolute Gasteiger partial charge is 0.123 e. The maximum Gasteiger partial charge on any atom is 0.123 e. The average Bonchev–Trinajstić information content (AvgIpc) is 2.22. The summed E-state index contributed by atoms with van der Waals surface area (Å²) in [4.78, 5) is 0. The maximum atomic E-state index is 7.37. The zero-order chi connectivity index (χ0) is 13.8. The highest BCUT2D eigenvalue weighted by Crippen LogP contribution is 2.22. The van der Waals surface area contributed by atoms with Crippen molar-refractivity contribution < 1.29 is 9.47 Å². The van der Waals surface area contributed by atoms with Gasteiger partial charge in [-0.3, -0.25) is 5.41 Å². The van der Waals surface area contributed by atoms with Crippen LogP contribution in [0.4, 0.5) is 0 Å². The van der Waals surface area contributed by atoms with Crippen molar-refractivity contribution in [2.75, 3.05) is 13.2 Å². The SMILES string of the molecule is CC(C)(C)OCCOc1ccc(C(=N)N)c(Br)c1. The molecular formula is C13H19BrN2O2. The minimum atomic E-state index is -0.150. The van der Waals surface area contributed by atoms with E-state index >= 15 is 0 Å². The number of amidine groups is 1. The summed E-state index contributed by atoms with van der Waals surface area (Å²) in [5.41, 5.74) is 5.94. The van der Waals surface area contributed by atoms with Crippen molar-refractivity contribution in [1.82, 2.24) is 0 Å². The third-order valence-corrected chi connectivity index (χ3v) is 2.77. The van der Waals surface area contributed by atoms with Crippen molar-refractivity contribution >= 4 is 21.8 Å². The Morgan fingerprint density at radius 2 is 2.00 bits per heavy atom. The largest absolute Gasteiger partial charge is 0.491 e. The molecule has 0 bridgehead atoms. The number of nitrogens with one attached hydrogen (secondary N) is 1. The van der Waals surface area contributed by atoms with Gasteiger partial charge in [0.1, 0.15) is 18.2 Å². The molecule has 0 aliphatic heterocycles. The van der Waals surface area contributed by atoms with E-state index < -0.39 is 0 Å². The number of ether oxygens (including phenoxy) is 2. The lowest BCUT2D eigenvalue weighted by atomic mass is 10.2. The van der Waals surface area contributed by atoms with Gasteiger partial charge in [0, 0.05) is 10.0 Å². The highest BCUT2D eigenvalue weighted by molar-refractivity contribution is 9.10. The molecule has 0 saturated carbocycles. The van der Waals surface area contributed by atoms with Gasteiger partial charge in [-0.2, -0.15) is 0 Å². The van der Waals surface area contributed by atoms with Gasteiger partial charge in [-0.25, -0.2) is 0 Å². The Balaban J connectivity index is 2.49.